The summed E-state index contributed by atoms with van der Waals surface area (Å²) in [7, 11) is 1.35. The van der Waals surface area contributed by atoms with Crippen LogP contribution in [0.1, 0.15) is 11.1 Å². The lowest BCUT2D eigenvalue weighted by Gasteiger charge is -2.08. The first-order chi connectivity index (χ1) is 10.3. The van der Waals surface area contributed by atoms with Crippen LogP contribution in [0, 0.1) is 0 Å². The number of esters is 1. The van der Waals surface area contributed by atoms with Crippen molar-refractivity contribution < 1.29 is 19.0 Å². The van der Waals surface area contributed by atoms with Gasteiger partial charge in [-0.3, -0.25) is 4.98 Å². The van der Waals surface area contributed by atoms with Gasteiger partial charge in [-0.1, -0.05) is 12.1 Å². The fourth-order valence-corrected chi connectivity index (χ4v) is 2.10. The number of pyridine rings is 1. The van der Waals surface area contributed by atoms with Gasteiger partial charge in [-0.25, -0.2) is 4.79 Å². The highest BCUT2D eigenvalue weighted by Gasteiger charge is 2.16. The summed E-state index contributed by atoms with van der Waals surface area (Å²) in [6.07, 6.45) is 4.81. The first-order valence-electron chi connectivity index (χ1n) is 6.38. The van der Waals surface area contributed by atoms with Crippen molar-refractivity contribution in [3.63, 3.8) is 0 Å². The maximum absolute atomic E-state index is 11.6. The molecule has 2 aromatic rings. The normalized spacial score (nSPS) is 13.1. The van der Waals surface area contributed by atoms with Crippen LogP contribution in [0.15, 0.2) is 48.8 Å². The van der Waals surface area contributed by atoms with Crippen molar-refractivity contribution in [1.29, 1.82) is 0 Å². The number of fused-ring (bicyclic) bond motifs is 1. The largest absolute Gasteiger partial charge is 0.466 e. The molecule has 5 heteroatoms. The molecule has 1 aromatic carbocycles. The second-order valence-electron chi connectivity index (χ2n) is 4.39. The molecular weight excluding hydrogens is 270 g/mol. The second kappa shape index (κ2) is 5.66. The number of carbonyl (C=O) groups excluding carboxylic acids is 1. The summed E-state index contributed by atoms with van der Waals surface area (Å²) in [5.74, 6) is 0.932. The molecule has 0 unspecified atom stereocenters. The SMILES string of the molecule is COC(=O)/C=C(/c1cccnc1)c1ccc2c(c1)OCO2. The molecule has 0 atom stereocenters. The quantitative estimate of drug-likeness (QED) is 0.639. The van der Waals surface area contributed by atoms with E-state index < -0.39 is 5.97 Å². The molecule has 0 saturated carbocycles. The topological polar surface area (TPSA) is 57.7 Å². The summed E-state index contributed by atoms with van der Waals surface area (Å²) in [5, 5.41) is 0. The van der Waals surface area contributed by atoms with E-state index in [0.29, 0.717) is 17.1 Å². The van der Waals surface area contributed by atoms with E-state index in [4.69, 9.17) is 14.2 Å². The van der Waals surface area contributed by atoms with Gasteiger partial charge in [-0.05, 0) is 29.3 Å². The standard InChI is InChI=1S/C16H13NO4/c1-19-16(18)8-13(12-3-2-6-17-9-12)11-4-5-14-15(7-11)21-10-20-14/h2-9H,10H2,1H3/b13-8+. The Morgan fingerprint density at radius 2 is 2.10 bits per heavy atom. The molecule has 21 heavy (non-hydrogen) atoms. The summed E-state index contributed by atoms with van der Waals surface area (Å²) in [6.45, 7) is 0.210. The summed E-state index contributed by atoms with van der Waals surface area (Å²) in [5.41, 5.74) is 2.37. The molecule has 1 aromatic heterocycles. The maximum Gasteiger partial charge on any atom is 0.331 e. The van der Waals surface area contributed by atoms with Gasteiger partial charge in [-0.15, -0.1) is 0 Å². The number of carbonyl (C=O) groups is 1. The summed E-state index contributed by atoms with van der Waals surface area (Å²) in [6, 6.07) is 9.22. The third kappa shape index (κ3) is 2.72. The third-order valence-electron chi connectivity index (χ3n) is 3.12. The fourth-order valence-electron chi connectivity index (χ4n) is 2.10. The Labute approximate surface area is 121 Å². The van der Waals surface area contributed by atoms with Gasteiger partial charge in [0, 0.05) is 24.0 Å². The van der Waals surface area contributed by atoms with E-state index in [1.807, 2.05) is 30.3 Å². The number of nitrogens with zero attached hydrogens (tertiary/aromatic N) is 1. The molecular formula is C16H13NO4. The van der Waals surface area contributed by atoms with Gasteiger partial charge in [-0.2, -0.15) is 0 Å². The van der Waals surface area contributed by atoms with E-state index in [-0.39, 0.29) is 6.79 Å². The number of aromatic nitrogens is 1. The molecule has 0 saturated heterocycles. The van der Waals surface area contributed by atoms with Crippen molar-refractivity contribution in [3.8, 4) is 11.5 Å². The Bertz CT molecular complexity index is 695. The van der Waals surface area contributed by atoms with Crippen molar-refractivity contribution in [1.82, 2.24) is 4.98 Å². The van der Waals surface area contributed by atoms with Crippen LogP contribution >= 0.6 is 0 Å². The molecule has 0 fully saturated rings. The van der Waals surface area contributed by atoms with Crippen LogP contribution in [0.2, 0.25) is 0 Å². The number of ether oxygens (including phenoxy) is 3. The van der Waals surface area contributed by atoms with Gasteiger partial charge in [0.2, 0.25) is 6.79 Å². The van der Waals surface area contributed by atoms with E-state index in [1.165, 1.54) is 13.2 Å². The molecule has 106 valence electrons. The van der Waals surface area contributed by atoms with Gasteiger partial charge in [0.1, 0.15) is 0 Å². The third-order valence-corrected chi connectivity index (χ3v) is 3.12. The lowest BCUT2D eigenvalue weighted by atomic mass is 9.98. The van der Waals surface area contributed by atoms with Crippen LogP contribution in [0.5, 0.6) is 11.5 Å². The maximum atomic E-state index is 11.6. The highest BCUT2D eigenvalue weighted by molar-refractivity contribution is 5.96. The number of benzene rings is 1. The van der Waals surface area contributed by atoms with E-state index >= 15 is 0 Å². The van der Waals surface area contributed by atoms with Crippen molar-refractivity contribution in [2.24, 2.45) is 0 Å². The van der Waals surface area contributed by atoms with Gasteiger partial charge >= 0.3 is 5.97 Å². The lowest BCUT2D eigenvalue weighted by Crippen LogP contribution is -1.99. The summed E-state index contributed by atoms with van der Waals surface area (Å²) < 4.78 is 15.4. The Kier molecular flexibility index (Phi) is 3.55. The Morgan fingerprint density at radius 1 is 1.24 bits per heavy atom. The smallest absolute Gasteiger partial charge is 0.331 e. The minimum Gasteiger partial charge on any atom is -0.466 e. The zero-order valence-electron chi connectivity index (χ0n) is 11.4. The zero-order valence-corrected chi connectivity index (χ0v) is 11.4. The van der Waals surface area contributed by atoms with Crippen molar-refractivity contribution >= 4 is 11.5 Å². The fraction of sp³-hybridized carbons (Fsp3) is 0.125. The van der Waals surface area contributed by atoms with Crippen LogP contribution < -0.4 is 9.47 Å². The zero-order chi connectivity index (χ0) is 14.7. The number of hydrogen-bond acceptors (Lipinski definition) is 5. The van der Waals surface area contributed by atoms with Gasteiger partial charge in [0.25, 0.3) is 0 Å². The van der Waals surface area contributed by atoms with E-state index in [0.717, 1.165) is 11.1 Å². The number of methoxy groups -OCH3 is 1. The molecule has 0 amide bonds. The first-order valence-corrected chi connectivity index (χ1v) is 6.38. The Hall–Kier alpha value is -2.82. The molecule has 0 radical (unpaired) electrons. The lowest BCUT2D eigenvalue weighted by molar-refractivity contribution is -0.134. The minimum atomic E-state index is -0.425. The monoisotopic (exact) mass is 283 g/mol. The molecule has 1 aliphatic rings. The summed E-state index contributed by atoms with van der Waals surface area (Å²) >= 11 is 0. The van der Waals surface area contributed by atoms with E-state index in [1.54, 1.807) is 12.4 Å². The second-order valence-corrected chi connectivity index (χ2v) is 4.39. The van der Waals surface area contributed by atoms with E-state index in [9.17, 15) is 4.79 Å². The Balaban J connectivity index is 2.07. The molecule has 0 bridgehead atoms. The van der Waals surface area contributed by atoms with Gasteiger partial charge in [0.05, 0.1) is 7.11 Å². The molecule has 3 rings (SSSR count). The highest BCUT2D eigenvalue weighted by Crippen LogP contribution is 2.35. The average molecular weight is 283 g/mol. The summed E-state index contributed by atoms with van der Waals surface area (Å²) in [4.78, 5) is 15.7. The van der Waals surface area contributed by atoms with Gasteiger partial charge < -0.3 is 14.2 Å². The molecule has 0 spiro atoms. The van der Waals surface area contributed by atoms with Crippen molar-refractivity contribution in [2.75, 3.05) is 13.9 Å². The van der Waals surface area contributed by atoms with E-state index in [2.05, 4.69) is 4.98 Å². The van der Waals surface area contributed by atoms with Crippen LogP contribution in [-0.2, 0) is 9.53 Å². The molecule has 0 N–H and O–H groups in total. The van der Waals surface area contributed by atoms with Crippen molar-refractivity contribution in [2.45, 2.75) is 0 Å². The molecule has 2 heterocycles. The average Bonchev–Trinajstić information content (AvgIpc) is 3.00. The number of rotatable bonds is 3. The molecule has 0 aliphatic carbocycles. The van der Waals surface area contributed by atoms with Crippen LogP contribution in [-0.4, -0.2) is 24.9 Å². The van der Waals surface area contributed by atoms with Crippen LogP contribution in [0.25, 0.3) is 5.57 Å². The predicted molar refractivity (Wildman–Crippen MR) is 75.9 cm³/mol. The Morgan fingerprint density at radius 3 is 2.86 bits per heavy atom. The molecule has 5 nitrogen and oxygen atoms in total. The molecule has 1 aliphatic heterocycles. The first kappa shape index (κ1) is 13.2. The minimum absolute atomic E-state index is 0.210. The predicted octanol–water partition coefficient (Wildman–Crippen LogP) is 2.42. The van der Waals surface area contributed by atoms with Crippen LogP contribution in [0.4, 0.5) is 0 Å². The van der Waals surface area contributed by atoms with Crippen LogP contribution in [0.3, 0.4) is 0 Å². The van der Waals surface area contributed by atoms with Crippen molar-refractivity contribution in [3.05, 3.63) is 59.9 Å². The highest BCUT2D eigenvalue weighted by atomic mass is 16.7. The number of hydrogen-bond donors (Lipinski definition) is 0. The van der Waals surface area contributed by atoms with Gasteiger partial charge in [0.15, 0.2) is 11.5 Å².